The lowest BCUT2D eigenvalue weighted by Crippen LogP contribution is -2.53. The fourth-order valence-corrected chi connectivity index (χ4v) is 5.69. The van der Waals surface area contributed by atoms with Gasteiger partial charge in [-0.05, 0) is 73.5 Å². The van der Waals surface area contributed by atoms with Crippen molar-refractivity contribution in [2.75, 3.05) is 14.6 Å². The molecule has 2 heterocycles. The van der Waals surface area contributed by atoms with Crippen molar-refractivity contribution in [2.45, 2.75) is 38.1 Å². The molecule has 0 aliphatic carbocycles. The molecule has 3 aromatic rings. The number of benzene rings is 2. The van der Waals surface area contributed by atoms with E-state index >= 15 is 0 Å². The predicted octanol–water partition coefficient (Wildman–Crippen LogP) is 6.17. The quantitative estimate of drug-likeness (QED) is 0.286. The highest BCUT2D eigenvalue weighted by Crippen LogP contribution is 2.43. The van der Waals surface area contributed by atoms with Gasteiger partial charge in [-0.1, -0.05) is 46.9 Å². The Morgan fingerprint density at radius 2 is 1.94 bits per heavy atom. The maximum absolute atomic E-state index is 13.0. The zero-order valence-corrected chi connectivity index (χ0v) is 20.4. The fourth-order valence-electron chi connectivity index (χ4n) is 4.16. The Labute approximate surface area is 200 Å². The van der Waals surface area contributed by atoms with Gasteiger partial charge in [-0.25, -0.2) is 0 Å². The summed E-state index contributed by atoms with van der Waals surface area (Å²) in [4.78, 5) is 28.8. The molecule has 1 aromatic heterocycles. The molecule has 1 unspecified atom stereocenters. The standard InChI is InChI=1S/C25H25IN2O2S/c1-25(23(29)17-26)14-13-18-16-19(27-24(30)12-10-21-8-5-15-31-21)9-11-22(18)28(25)20-6-3-2-4-7-20/h2-9,11,15-16H,10,12-14,17H2,1H3,(H,27,30). The minimum absolute atomic E-state index is 0.0222. The Kier molecular flexibility index (Phi) is 6.77. The van der Waals surface area contributed by atoms with Crippen LogP contribution >= 0.6 is 33.9 Å². The molecular weight excluding hydrogens is 519 g/mol. The van der Waals surface area contributed by atoms with E-state index in [0.717, 1.165) is 41.9 Å². The van der Waals surface area contributed by atoms with Gasteiger partial charge in [0.05, 0.1) is 4.43 Å². The predicted molar refractivity (Wildman–Crippen MR) is 137 cm³/mol. The number of carbonyl (C=O) groups excluding carboxylic acids is 2. The number of alkyl halides is 1. The lowest BCUT2D eigenvalue weighted by molar-refractivity contribution is -0.121. The van der Waals surface area contributed by atoms with Crippen molar-refractivity contribution in [3.8, 4) is 0 Å². The van der Waals surface area contributed by atoms with E-state index in [1.807, 2.05) is 60.8 Å². The molecule has 1 aliphatic rings. The number of hydrogen-bond donors (Lipinski definition) is 1. The second-order valence-electron chi connectivity index (χ2n) is 7.97. The molecule has 0 radical (unpaired) electrons. The third-order valence-corrected chi connectivity index (χ3v) is 7.52. The summed E-state index contributed by atoms with van der Waals surface area (Å²) in [6.45, 7) is 2.05. The minimum atomic E-state index is -0.582. The molecule has 1 amide bonds. The zero-order chi connectivity index (χ0) is 21.8. The molecule has 0 saturated heterocycles. The third kappa shape index (κ3) is 4.70. The number of hydrogen-bond acceptors (Lipinski definition) is 4. The highest BCUT2D eigenvalue weighted by molar-refractivity contribution is 14.1. The summed E-state index contributed by atoms with van der Waals surface area (Å²) in [5.74, 6) is 0.252. The number of para-hydroxylation sites is 1. The smallest absolute Gasteiger partial charge is 0.224 e. The zero-order valence-electron chi connectivity index (χ0n) is 17.4. The van der Waals surface area contributed by atoms with Crippen LogP contribution in [0.3, 0.4) is 0 Å². The number of anilines is 3. The minimum Gasteiger partial charge on any atom is -0.328 e. The third-order valence-electron chi connectivity index (χ3n) is 5.89. The van der Waals surface area contributed by atoms with E-state index in [9.17, 15) is 9.59 Å². The number of Topliss-reactive ketones (excluding diaryl/α,β-unsaturated/α-hetero) is 1. The number of nitrogens with one attached hydrogen (secondary N) is 1. The molecule has 160 valence electrons. The van der Waals surface area contributed by atoms with E-state index in [2.05, 4.69) is 44.9 Å². The Bertz CT molecular complexity index is 1070. The van der Waals surface area contributed by atoms with Crippen LogP contribution in [0.1, 0.15) is 30.2 Å². The maximum atomic E-state index is 13.0. The van der Waals surface area contributed by atoms with Crippen LogP contribution in [0.25, 0.3) is 0 Å². The Balaban J connectivity index is 1.59. The first-order valence-corrected chi connectivity index (χ1v) is 12.8. The number of nitrogens with zero attached hydrogens (tertiary/aromatic N) is 1. The van der Waals surface area contributed by atoms with Crippen molar-refractivity contribution >= 4 is 62.7 Å². The van der Waals surface area contributed by atoms with Gasteiger partial charge in [0.15, 0.2) is 5.78 Å². The van der Waals surface area contributed by atoms with Crippen molar-refractivity contribution in [2.24, 2.45) is 0 Å². The Morgan fingerprint density at radius 1 is 1.13 bits per heavy atom. The van der Waals surface area contributed by atoms with E-state index in [4.69, 9.17) is 0 Å². The summed E-state index contributed by atoms with van der Waals surface area (Å²) in [6, 6.07) is 20.2. The van der Waals surface area contributed by atoms with E-state index in [0.29, 0.717) is 10.8 Å². The van der Waals surface area contributed by atoms with Crippen LogP contribution in [-0.4, -0.2) is 21.7 Å². The lowest BCUT2D eigenvalue weighted by Gasteiger charge is -2.46. The number of rotatable bonds is 7. The van der Waals surface area contributed by atoms with E-state index < -0.39 is 5.54 Å². The summed E-state index contributed by atoms with van der Waals surface area (Å²) >= 11 is 3.84. The number of aryl methyl sites for hydroxylation is 2. The van der Waals surface area contributed by atoms with Gasteiger partial charge in [0.2, 0.25) is 5.91 Å². The van der Waals surface area contributed by atoms with Gasteiger partial charge in [0.1, 0.15) is 5.54 Å². The van der Waals surface area contributed by atoms with Gasteiger partial charge >= 0.3 is 0 Å². The fraction of sp³-hybridized carbons (Fsp3) is 0.280. The van der Waals surface area contributed by atoms with E-state index in [1.54, 1.807) is 11.3 Å². The first kappa shape index (κ1) is 22.0. The van der Waals surface area contributed by atoms with E-state index in [-0.39, 0.29) is 11.7 Å². The summed E-state index contributed by atoms with van der Waals surface area (Å²) in [5, 5.41) is 5.08. The molecular formula is C25H25IN2O2S. The van der Waals surface area contributed by atoms with Crippen LogP contribution in [0, 0.1) is 0 Å². The average molecular weight is 544 g/mol. The summed E-state index contributed by atoms with van der Waals surface area (Å²) < 4.78 is 0.477. The maximum Gasteiger partial charge on any atom is 0.224 e. The first-order valence-electron chi connectivity index (χ1n) is 10.4. The average Bonchev–Trinajstić information content (AvgIpc) is 3.31. The monoisotopic (exact) mass is 544 g/mol. The van der Waals surface area contributed by atoms with Crippen LogP contribution in [0.4, 0.5) is 17.1 Å². The van der Waals surface area contributed by atoms with Gasteiger partial charge in [-0.3, -0.25) is 9.59 Å². The molecule has 2 aromatic carbocycles. The SMILES string of the molecule is CC1(C(=O)CI)CCc2cc(NC(=O)CCc3cccs3)ccc2N1c1ccccc1. The lowest BCUT2D eigenvalue weighted by atomic mass is 9.82. The largest absolute Gasteiger partial charge is 0.328 e. The molecule has 0 bridgehead atoms. The first-order chi connectivity index (χ1) is 15.0. The number of fused-ring (bicyclic) bond motifs is 1. The molecule has 0 fully saturated rings. The summed E-state index contributed by atoms with van der Waals surface area (Å²) in [7, 11) is 0. The summed E-state index contributed by atoms with van der Waals surface area (Å²) in [6.07, 6.45) is 2.77. The molecule has 6 heteroatoms. The van der Waals surface area contributed by atoms with Crippen LogP contribution in [0.15, 0.2) is 66.0 Å². The van der Waals surface area contributed by atoms with Gasteiger partial charge in [-0.2, -0.15) is 0 Å². The number of ketones is 1. The van der Waals surface area contributed by atoms with Crippen molar-refractivity contribution in [1.82, 2.24) is 0 Å². The van der Waals surface area contributed by atoms with Crippen molar-refractivity contribution in [3.63, 3.8) is 0 Å². The van der Waals surface area contributed by atoms with Crippen molar-refractivity contribution < 1.29 is 9.59 Å². The second kappa shape index (κ2) is 9.53. The normalized spacial score (nSPS) is 17.8. The van der Waals surface area contributed by atoms with Crippen LogP contribution in [0.5, 0.6) is 0 Å². The Morgan fingerprint density at radius 3 is 2.65 bits per heavy atom. The Hall–Kier alpha value is -2.19. The van der Waals surface area contributed by atoms with E-state index in [1.165, 1.54) is 4.88 Å². The molecule has 31 heavy (non-hydrogen) atoms. The van der Waals surface area contributed by atoms with Crippen molar-refractivity contribution in [3.05, 3.63) is 76.5 Å². The van der Waals surface area contributed by atoms with Gasteiger partial charge < -0.3 is 10.2 Å². The number of thiophene rings is 1. The highest BCUT2D eigenvalue weighted by atomic mass is 127. The van der Waals surface area contributed by atoms with Crippen LogP contribution < -0.4 is 10.2 Å². The number of amides is 1. The second-order valence-corrected chi connectivity index (χ2v) is 9.77. The van der Waals surface area contributed by atoms with Crippen LogP contribution in [0.2, 0.25) is 0 Å². The van der Waals surface area contributed by atoms with Gasteiger partial charge in [0.25, 0.3) is 0 Å². The van der Waals surface area contributed by atoms with Crippen LogP contribution in [-0.2, 0) is 22.4 Å². The molecule has 1 atom stereocenters. The van der Waals surface area contributed by atoms with Crippen molar-refractivity contribution in [1.29, 1.82) is 0 Å². The number of carbonyl (C=O) groups is 2. The molecule has 4 rings (SSSR count). The molecule has 4 nitrogen and oxygen atoms in total. The molecule has 1 N–H and O–H groups in total. The highest BCUT2D eigenvalue weighted by Gasteiger charge is 2.42. The number of halogens is 1. The topological polar surface area (TPSA) is 49.4 Å². The molecule has 0 saturated carbocycles. The van der Waals surface area contributed by atoms with Gasteiger partial charge in [-0.15, -0.1) is 11.3 Å². The van der Waals surface area contributed by atoms with Gasteiger partial charge in [0, 0.05) is 28.4 Å². The summed E-state index contributed by atoms with van der Waals surface area (Å²) in [5.41, 5.74) is 3.43. The molecule has 1 aliphatic heterocycles. The molecule has 0 spiro atoms.